The van der Waals surface area contributed by atoms with E-state index in [2.05, 4.69) is 5.16 Å². The maximum atomic E-state index is 13.9. The lowest BCUT2D eigenvalue weighted by molar-refractivity contribution is -0.172. The fourth-order valence-corrected chi connectivity index (χ4v) is 6.23. The Balaban J connectivity index is 1.60. The fourth-order valence-electron chi connectivity index (χ4n) is 6.23. The molecular weight excluding hydrogens is 618 g/mol. The number of unbranched alkanes of at least 4 members (excludes halogenated alkanes) is 3. The van der Waals surface area contributed by atoms with E-state index in [1.54, 1.807) is 29.3 Å². The second kappa shape index (κ2) is 14.0. The van der Waals surface area contributed by atoms with E-state index < -0.39 is 17.2 Å². The van der Waals surface area contributed by atoms with Gasteiger partial charge in [0.1, 0.15) is 18.0 Å². The van der Waals surface area contributed by atoms with Crippen LogP contribution in [-0.4, -0.2) is 69.2 Å². The molecule has 4 heterocycles. The van der Waals surface area contributed by atoms with Gasteiger partial charge in [0.2, 0.25) is 5.91 Å². The Hall–Kier alpha value is -4.33. The second-order valence-corrected chi connectivity index (χ2v) is 13.6. The zero-order valence-electron chi connectivity index (χ0n) is 28.5. The first kappa shape index (κ1) is 35.0. The molecule has 0 spiro atoms. The van der Waals surface area contributed by atoms with Crippen LogP contribution in [0.15, 0.2) is 28.1 Å². The molecule has 1 aromatic carbocycles. The van der Waals surface area contributed by atoms with Gasteiger partial charge in [-0.05, 0) is 72.3 Å². The topological polar surface area (TPSA) is 165 Å². The molecule has 3 N–H and O–H groups in total. The lowest BCUT2D eigenvalue weighted by atomic mass is 9.86. The summed E-state index contributed by atoms with van der Waals surface area (Å²) in [4.78, 5) is 50.7. The highest BCUT2D eigenvalue weighted by atomic mass is 16.6. The van der Waals surface area contributed by atoms with Crippen molar-refractivity contribution in [2.45, 2.75) is 97.1 Å². The van der Waals surface area contributed by atoms with E-state index in [4.69, 9.17) is 24.5 Å². The molecule has 2 aliphatic rings. The van der Waals surface area contributed by atoms with Crippen LogP contribution >= 0.6 is 0 Å². The first-order valence-corrected chi connectivity index (χ1v) is 16.4. The number of carbonyl (C=O) groups is 2. The van der Waals surface area contributed by atoms with E-state index in [9.17, 15) is 19.5 Å². The largest absolute Gasteiger partial charge is 0.493 e. The third-order valence-electron chi connectivity index (χ3n) is 8.63. The molecule has 1 amide bonds. The van der Waals surface area contributed by atoms with Crippen LogP contribution in [0, 0.1) is 0 Å². The van der Waals surface area contributed by atoms with Crippen molar-refractivity contribution in [1.82, 2.24) is 19.9 Å². The molecule has 1 unspecified atom stereocenters. The van der Waals surface area contributed by atoms with Crippen molar-refractivity contribution in [3.05, 3.63) is 56.4 Å². The zero-order valence-corrected chi connectivity index (χ0v) is 28.5. The summed E-state index contributed by atoms with van der Waals surface area (Å²) in [6, 6.07) is 5.49. The Kier molecular flexibility index (Phi) is 10.2. The lowest BCUT2D eigenvalue weighted by Crippen LogP contribution is -2.44. The number of benzene rings is 1. The standard InChI is InChI=1S/C35H45N5O8/c1-7-35(44)25-16-27-31-22(19-40(27)32(42)24(25)20-47-33(35)43)21(17-36-48-34(2,3)4)30-23(18-39(5)6)28(14-13-26(30)37-31)46-15-11-9-8-10-12-29(41)38-45/h13-14,16-17,44-45H,7-12,15,18-20H2,1-6H3,(H,38,41). The molecule has 0 radical (unpaired) electrons. The SMILES string of the molecule is CCC1(O)C(=O)OCc2c1cc1n(c2=O)Cc2c-1nc1ccc(OCCCCCCC(=O)NO)c(CN(C)C)c1c2C=NOC(C)(C)C. The molecule has 1 atom stereocenters. The molecule has 0 saturated carbocycles. The van der Waals surface area contributed by atoms with Gasteiger partial charge in [0, 0.05) is 40.6 Å². The van der Waals surface area contributed by atoms with Crippen molar-refractivity contribution in [1.29, 1.82) is 0 Å². The Morgan fingerprint density at radius 1 is 1.19 bits per heavy atom. The van der Waals surface area contributed by atoms with Crippen molar-refractivity contribution in [2.75, 3.05) is 20.7 Å². The number of hydrogen-bond donors (Lipinski definition) is 3. The van der Waals surface area contributed by atoms with Crippen LogP contribution in [-0.2, 0) is 44.5 Å². The molecule has 0 fully saturated rings. The summed E-state index contributed by atoms with van der Waals surface area (Å²) in [5.74, 6) is -0.452. The van der Waals surface area contributed by atoms with Crippen LogP contribution < -0.4 is 15.8 Å². The number of fused-ring (bicyclic) bond motifs is 5. The number of rotatable bonds is 13. The Morgan fingerprint density at radius 3 is 2.62 bits per heavy atom. The number of aliphatic hydroxyl groups is 1. The quantitative estimate of drug-likeness (QED) is 0.0623. The average molecular weight is 664 g/mol. The van der Waals surface area contributed by atoms with Gasteiger partial charge in [-0.1, -0.05) is 24.9 Å². The van der Waals surface area contributed by atoms with Crippen molar-refractivity contribution >= 4 is 29.0 Å². The second-order valence-electron chi connectivity index (χ2n) is 13.6. The third-order valence-corrected chi connectivity index (χ3v) is 8.63. The zero-order chi connectivity index (χ0) is 34.8. The summed E-state index contributed by atoms with van der Waals surface area (Å²) < 4.78 is 13.2. The number of aromatic nitrogens is 2. The van der Waals surface area contributed by atoms with Gasteiger partial charge < -0.3 is 28.9 Å². The maximum absolute atomic E-state index is 13.9. The van der Waals surface area contributed by atoms with Crippen LogP contribution in [0.2, 0.25) is 0 Å². The van der Waals surface area contributed by atoms with Gasteiger partial charge in [-0.15, -0.1) is 0 Å². The highest BCUT2D eigenvalue weighted by molar-refractivity contribution is 6.04. The number of nitrogens with zero attached hydrogens (tertiary/aromatic N) is 4. The van der Waals surface area contributed by atoms with Crippen molar-refractivity contribution in [2.24, 2.45) is 5.16 Å². The maximum Gasteiger partial charge on any atom is 0.343 e. The summed E-state index contributed by atoms with van der Waals surface area (Å²) in [5, 5.41) is 25.2. The predicted molar refractivity (Wildman–Crippen MR) is 179 cm³/mol. The summed E-state index contributed by atoms with van der Waals surface area (Å²) in [6.07, 6.45) is 5.18. The van der Waals surface area contributed by atoms with Crippen LogP contribution in [0.3, 0.4) is 0 Å². The average Bonchev–Trinajstić information content (AvgIpc) is 3.40. The number of hydroxylamine groups is 1. The van der Waals surface area contributed by atoms with E-state index in [1.165, 1.54) is 0 Å². The number of oxime groups is 1. The highest BCUT2D eigenvalue weighted by Gasteiger charge is 2.45. The van der Waals surface area contributed by atoms with E-state index in [1.807, 2.05) is 51.9 Å². The van der Waals surface area contributed by atoms with Crippen molar-refractivity contribution in [3.8, 4) is 17.1 Å². The van der Waals surface area contributed by atoms with Crippen molar-refractivity contribution < 1.29 is 34.2 Å². The lowest BCUT2D eigenvalue weighted by Gasteiger charge is -2.31. The Morgan fingerprint density at radius 2 is 1.94 bits per heavy atom. The van der Waals surface area contributed by atoms with Crippen LogP contribution in [0.25, 0.3) is 22.3 Å². The van der Waals surface area contributed by atoms with E-state index in [0.29, 0.717) is 42.2 Å². The molecule has 0 aliphatic carbocycles. The normalized spacial score (nSPS) is 17.0. The first-order chi connectivity index (χ1) is 22.8. The summed E-state index contributed by atoms with van der Waals surface area (Å²) in [5.41, 5.74) is 3.52. The molecule has 2 aromatic heterocycles. The Labute approximate surface area is 279 Å². The number of ether oxygens (including phenoxy) is 2. The highest BCUT2D eigenvalue weighted by Crippen LogP contribution is 2.41. The number of esters is 1. The molecule has 13 nitrogen and oxygen atoms in total. The monoisotopic (exact) mass is 663 g/mol. The molecule has 258 valence electrons. The van der Waals surface area contributed by atoms with Crippen LogP contribution in [0.4, 0.5) is 0 Å². The van der Waals surface area contributed by atoms with E-state index in [-0.39, 0.29) is 48.6 Å². The third kappa shape index (κ3) is 6.94. The van der Waals surface area contributed by atoms with Crippen LogP contribution in [0.1, 0.15) is 94.0 Å². The van der Waals surface area contributed by atoms with E-state index in [0.717, 1.165) is 41.3 Å². The van der Waals surface area contributed by atoms with Gasteiger partial charge in [-0.25, -0.2) is 15.3 Å². The predicted octanol–water partition coefficient (Wildman–Crippen LogP) is 4.12. The van der Waals surface area contributed by atoms with Gasteiger partial charge in [-0.3, -0.25) is 14.8 Å². The number of cyclic esters (lactones) is 1. The molecule has 0 saturated heterocycles. The minimum Gasteiger partial charge on any atom is -0.493 e. The molecule has 0 bridgehead atoms. The fraction of sp³-hybridized carbons (Fsp3) is 0.514. The number of carbonyl (C=O) groups excluding carboxylic acids is 2. The summed E-state index contributed by atoms with van der Waals surface area (Å²) >= 11 is 0. The molecular formula is C35H45N5O8. The molecule has 2 aliphatic heterocycles. The molecule has 3 aromatic rings. The van der Waals surface area contributed by atoms with Crippen molar-refractivity contribution in [3.63, 3.8) is 0 Å². The number of hydrogen-bond acceptors (Lipinski definition) is 11. The minimum absolute atomic E-state index is 0.0549. The van der Waals surface area contributed by atoms with Gasteiger partial charge in [0.25, 0.3) is 5.56 Å². The van der Waals surface area contributed by atoms with Gasteiger partial charge in [0.05, 0.1) is 41.8 Å². The summed E-state index contributed by atoms with van der Waals surface area (Å²) in [7, 11) is 3.95. The molecule has 5 rings (SSSR count). The molecule has 13 heteroatoms. The van der Waals surface area contributed by atoms with Gasteiger partial charge in [-0.2, -0.15) is 0 Å². The smallest absolute Gasteiger partial charge is 0.343 e. The summed E-state index contributed by atoms with van der Waals surface area (Å²) in [6.45, 7) is 8.40. The minimum atomic E-state index is -1.92. The number of pyridine rings is 2. The van der Waals surface area contributed by atoms with Gasteiger partial charge in [0.15, 0.2) is 5.60 Å². The number of amides is 1. The molecule has 48 heavy (non-hydrogen) atoms. The Bertz CT molecular complexity index is 1810. The van der Waals surface area contributed by atoms with Crippen LogP contribution in [0.5, 0.6) is 5.75 Å². The number of nitrogens with one attached hydrogen (secondary N) is 1. The van der Waals surface area contributed by atoms with Gasteiger partial charge >= 0.3 is 5.97 Å². The first-order valence-electron chi connectivity index (χ1n) is 16.4. The van der Waals surface area contributed by atoms with E-state index >= 15 is 0 Å².